The van der Waals surface area contributed by atoms with Gasteiger partial charge in [-0.25, -0.2) is 0 Å². The van der Waals surface area contributed by atoms with Gasteiger partial charge in [-0.3, -0.25) is 4.79 Å². The van der Waals surface area contributed by atoms with Crippen LogP contribution in [0.2, 0.25) is 0 Å². The Morgan fingerprint density at radius 3 is 2.71 bits per heavy atom. The molecule has 3 N–H and O–H groups in total. The minimum absolute atomic E-state index is 0.192. The minimum Gasteiger partial charge on any atom is -0.492 e. The van der Waals surface area contributed by atoms with Crippen molar-refractivity contribution in [3.05, 3.63) is 29.8 Å². The molecule has 4 heteroatoms. The van der Waals surface area contributed by atoms with Crippen molar-refractivity contribution >= 4 is 5.91 Å². The lowest BCUT2D eigenvalue weighted by molar-refractivity contribution is -0.117. The Kier molecular flexibility index (Phi) is 8.78. The summed E-state index contributed by atoms with van der Waals surface area (Å²) < 4.78 is 5.45. The zero-order valence-corrected chi connectivity index (χ0v) is 10.8. The van der Waals surface area contributed by atoms with Crippen LogP contribution in [0, 0.1) is 6.92 Å². The summed E-state index contributed by atoms with van der Waals surface area (Å²) in [4.78, 5) is 10.4. The summed E-state index contributed by atoms with van der Waals surface area (Å²) in [6.45, 7) is 7.34. The Bertz CT molecular complexity index is 327. The number of benzene rings is 1. The van der Waals surface area contributed by atoms with Crippen molar-refractivity contribution in [1.82, 2.24) is 5.32 Å². The molecule has 0 unspecified atom stereocenters. The van der Waals surface area contributed by atoms with Crippen molar-refractivity contribution in [2.45, 2.75) is 20.8 Å². The van der Waals surface area contributed by atoms with E-state index in [4.69, 9.17) is 10.5 Å². The van der Waals surface area contributed by atoms with Crippen LogP contribution in [0.4, 0.5) is 0 Å². The Morgan fingerprint density at radius 2 is 2.12 bits per heavy atom. The molecule has 0 heterocycles. The second-order valence-corrected chi connectivity index (χ2v) is 3.31. The molecule has 0 fully saturated rings. The van der Waals surface area contributed by atoms with E-state index in [2.05, 4.69) is 5.32 Å². The first-order chi connectivity index (χ1) is 8.18. The van der Waals surface area contributed by atoms with Crippen molar-refractivity contribution < 1.29 is 9.53 Å². The maximum absolute atomic E-state index is 10.4. The van der Waals surface area contributed by atoms with E-state index < -0.39 is 0 Å². The monoisotopic (exact) mass is 238 g/mol. The van der Waals surface area contributed by atoms with Crippen LogP contribution in [0.15, 0.2) is 24.3 Å². The fourth-order valence-electron chi connectivity index (χ4n) is 1.16. The summed E-state index contributed by atoms with van der Waals surface area (Å²) >= 11 is 0. The first-order valence-corrected chi connectivity index (χ1v) is 5.87. The third-order valence-electron chi connectivity index (χ3n) is 1.84. The third-order valence-corrected chi connectivity index (χ3v) is 1.84. The lowest BCUT2D eigenvalue weighted by Crippen LogP contribution is -2.31. The molecule has 0 radical (unpaired) electrons. The smallest absolute Gasteiger partial charge is 0.231 e. The van der Waals surface area contributed by atoms with Crippen molar-refractivity contribution in [3.8, 4) is 5.75 Å². The van der Waals surface area contributed by atoms with Crippen molar-refractivity contribution in [3.63, 3.8) is 0 Å². The Hall–Kier alpha value is -1.55. The van der Waals surface area contributed by atoms with E-state index in [1.54, 1.807) is 0 Å². The van der Waals surface area contributed by atoms with Crippen LogP contribution < -0.4 is 15.8 Å². The number of amides is 1. The van der Waals surface area contributed by atoms with Crippen LogP contribution in [0.3, 0.4) is 0 Å². The molecule has 0 aliphatic carbocycles. The number of nitrogens with one attached hydrogen (secondary N) is 1. The molecule has 0 saturated heterocycles. The van der Waals surface area contributed by atoms with Crippen LogP contribution >= 0.6 is 0 Å². The van der Waals surface area contributed by atoms with Crippen LogP contribution in [-0.4, -0.2) is 25.6 Å². The predicted molar refractivity (Wildman–Crippen MR) is 70.1 cm³/mol. The lowest BCUT2D eigenvalue weighted by Gasteiger charge is -2.06. The van der Waals surface area contributed by atoms with E-state index in [1.807, 2.05) is 45.0 Å². The number of ether oxygens (including phenoxy) is 1. The van der Waals surface area contributed by atoms with E-state index in [0.29, 0.717) is 13.2 Å². The standard InChI is InChI=1S/C11H16N2O2.C2H6/c1-9-3-2-4-10(7-9)15-6-5-13-8-11(12)14;1-2/h2-4,7,13H,5-6,8H2,1H3,(H2,12,14);1-2H3. The van der Waals surface area contributed by atoms with Gasteiger partial charge in [0.25, 0.3) is 0 Å². The summed E-state index contributed by atoms with van der Waals surface area (Å²) in [5.74, 6) is 0.487. The van der Waals surface area contributed by atoms with Crippen LogP contribution in [0.25, 0.3) is 0 Å². The Morgan fingerprint density at radius 1 is 1.41 bits per heavy atom. The maximum atomic E-state index is 10.4. The van der Waals surface area contributed by atoms with Gasteiger partial charge in [0.2, 0.25) is 5.91 Å². The van der Waals surface area contributed by atoms with E-state index in [0.717, 1.165) is 11.3 Å². The number of nitrogens with two attached hydrogens (primary N) is 1. The average Bonchev–Trinajstić information content (AvgIpc) is 2.31. The zero-order valence-electron chi connectivity index (χ0n) is 10.8. The number of aryl methyl sites for hydroxylation is 1. The largest absolute Gasteiger partial charge is 0.492 e. The highest BCUT2D eigenvalue weighted by Gasteiger charge is 1.95. The van der Waals surface area contributed by atoms with E-state index >= 15 is 0 Å². The summed E-state index contributed by atoms with van der Waals surface area (Å²) in [5.41, 5.74) is 6.13. The van der Waals surface area contributed by atoms with E-state index in [1.165, 1.54) is 0 Å². The van der Waals surface area contributed by atoms with Gasteiger partial charge in [-0.05, 0) is 24.6 Å². The number of primary amides is 1. The molecule has 0 saturated carbocycles. The van der Waals surface area contributed by atoms with Gasteiger partial charge in [-0.15, -0.1) is 0 Å². The molecule has 0 aliphatic heterocycles. The molecule has 1 aromatic rings. The number of hydrogen-bond acceptors (Lipinski definition) is 3. The fourth-order valence-corrected chi connectivity index (χ4v) is 1.16. The Balaban J connectivity index is 0.00000121. The quantitative estimate of drug-likeness (QED) is 0.738. The second-order valence-electron chi connectivity index (χ2n) is 3.31. The minimum atomic E-state index is -0.356. The average molecular weight is 238 g/mol. The maximum Gasteiger partial charge on any atom is 0.231 e. The number of hydrogen-bond donors (Lipinski definition) is 2. The summed E-state index contributed by atoms with van der Waals surface area (Å²) in [5, 5.41) is 2.87. The Labute approximate surface area is 103 Å². The molecule has 1 rings (SSSR count). The number of rotatable bonds is 6. The first-order valence-electron chi connectivity index (χ1n) is 5.87. The van der Waals surface area contributed by atoms with Crippen LogP contribution in [-0.2, 0) is 4.79 Å². The van der Waals surface area contributed by atoms with E-state index in [-0.39, 0.29) is 12.5 Å². The molecule has 0 aliphatic rings. The van der Waals surface area contributed by atoms with Crippen molar-refractivity contribution in [1.29, 1.82) is 0 Å². The van der Waals surface area contributed by atoms with Gasteiger partial charge < -0.3 is 15.8 Å². The highest BCUT2D eigenvalue weighted by atomic mass is 16.5. The van der Waals surface area contributed by atoms with Gasteiger partial charge in [0.15, 0.2) is 0 Å². The third kappa shape index (κ3) is 8.28. The molecule has 0 bridgehead atoms. The molecular formula is C13H22N2O2. The molecular weight excluding hydrogens is 216 g/mol. The van der Waals surface area contributed by atoms with Gasteiger partial charge in [0.05, 0.1) is 6.54 Å². The summed E-state index contributed by atoms with van der Waals surface area (Å²) in [7, 11) is 0. The molecule has 0 spiro atoms. The highest BCUT2D eigenvalue weighted by Crippen LogP contribution is 2.11. The molecule has 4 nitrogen and oxygen atoms in total. The molecule has 0 aromatic heterocycles. The van der Waals surface area contributed by atoms with E-state index in [9.17, 15) is 4.79 Å². The van der Waals surface area contributed by atoms with Gasteiger partial charge in [0, 0.05) is 6.54 Å². The normalized spacial score (nSPS) is 9.12. The van der Waals surface area contributed by atoms with Crippen LogP contribution in [0.5, 0.6) is 5.75 Å². The lowest BCUT2D eigenvalue weighted by atomic mass is 10.2. The van der Waals surface area contributed by atoms with Crippen molar-refractivity contribution in [2.24, 2.45) is 5.73 Å². The molecule has 0 atom stereocenters. The predicted octanol–water partition coefficient (Wildman–Crippen LogP) is 1.47. The molecule has 96 valence electrons. The SMILES string of the molecule is CC.Cc1cccc(OCCNCC(N)=O)c1. The molecule has 1 aromatic carbocycles. The number of carbonyl (C=O) groups excluding carboxylic acids is 1. The fraction of sp³-hybridized carbons (Fsp3) is 0.462. The zero-order chi connectivity index (χ0) is 13.1. The van der Waals surface area contributed by atoms with Gasteiger partial charge in [-0.2, -0.15) is 0 Å². The molecule has 17 heavy (non-hydrogen) atoms. The molecule has 1 amide bonds. The van der Waals surface area contributed by atoms with Crippen molar-refractivity contribution in [2.75, 3.05) is 19.7 Å². The van der Waals surface area contributed by atoms with Gasteiger partial charge in [0.1, 0.15) is 12.4 Å². The van der Waals surface area contributed by atoms with Crippen LogP contribution in [0.1, 0.15) is 19.4 Å². The van der Waals surface area contributed by atoms with Gasteiger partial charge >= 0.3 is 0 Å². The van der Waals surface area contributed by atoms with Gasteiger partial charge in [-0.1, -0.05) is 26.0 Å². The highest BCUT2D eigenvalue weighted by molar-refractivity contribution is 5.75. The second kappa shape index (κ2) is 9.66. The number of carbonyl (C=O) groups is 1. The summed E-state index contributed by atoms with van der Waals surface area (Å²) in [6, 6.07) is 7.83. The summed E-state index contributed by atoms with van der Waals surface area (Å²) in [6.07, 6.45) is 0. The first kappa shape index (κ1) is 15.4. The topological polar surface area (TPSA) is 64.3 Å².